The standard InChI is InChI=1S/C16H15ClN4O7S/c1-27-14-5-2-10(6-15(14)28-9-16(18)22)8-19-20-29(25,26)11-3-4-12(17)13(7-11)21(23)24/h2-8,20H,9H2,1H3,(H2,18,22). The number of nitrogens with two attached hydrogens (primary N) is 1. The summed E-state index contributed by atoms with van der Waals surface area (Å²) in [6.07, 6.45) is 1.17. The number of hydrogen-bond acceptors (Lipinski definition) is 8. The zero-order chi connectivity index (χ0) is 21.6. The molecule has 0 bridgehead atoms. The van der Waals surface area contributed by atoms with E-state index in [1.54, 1.807) is 6.07 Å². The molecule has 3 N–H and O–H groups in total. The van der Waals surface area contributed by atoms with Gasteiger partial charge in [0.25, 0.3) is 21.6 Å². The molecule has 11 nitrogen and oxygen atoms in total. The molecule has 0 radical (unpaired) electrons. The van der Waals surface area contributed by atoms with Gasteiger partial charge in [0, 0.05) is 6.07 Å². The average Bonchev–Trinajstić information content (AvgIpc) is 2.66. The molecule has 2 aromatic carbocycles. The van der Waals surface area contributed by atoms with E-state index in [1.165, 1.54) is 25.5 Å². The largest absolute Gasteiger partial charge is 0.493 e. The van der Waals surface area contributed by atoms with Crippen LogP contribution < -0.4 is 20.0 Å². The fourth-order valence-corrected chi connectivity index (χ4v) is 3.06. The lowest BCUT2D eigenvalue weighted by Crippen LogP contribution is -2.20. The Hall–Kier alpha value is -3.38. The first-order valence-electron chi connectivity index (χ1n) is 7.72. The van der Waals surface area contributed by atoms with Gasteiger partial charge < -0.3 is 15.2 Å². The van der Waals surface area contributed by atoms with Gasteiger partial charge in [-0.1, -0.05) is 11.6 Å². The van der Waals surface area contributed by atoms with E-state index in [2.05, 4.69) is 5.10 Å². The minimum Gasteiger partial charge on any atom is -0.493 e. The Kier molecular flexibility index (Phi) is 6.96. The fraction of sp³-hybridized carbons (Fsp3) is 0.125. The molecule has 0 aromatic heterocycles. The molecular formula is C16H15ClN4O7S. The number of nitrogens with zero attached hydrogens (tertiary/aromatic N) is 2. The molecule has 2 rings (SSSR count). The van der Waals surface area contributed by atoms with Crippen LogP contribution in [0, 0.1) is 10.1 Å². The number of amides is 1. The number of hydrazone groups is 1. The van der Waals surface area contributed by atoms with Crippen molar-refractivity contribution >= 4 is 39.4 Å². The number of carbonyl (C=O) groups excluding carboxylic acids is 1. The van der Waals surface area contributed by atoms with Crippen LogP contribution in [0.3, 0.4) is 0 Å². The lowest BCUT2D eigenvalue weighted by atomic mass is 10.2. The maximum Gasteiger partial charge on any atom is 0.289 e. The number of benzene rings is 2. The van der Waals surface area contributed by atoms with Crippen LogP contribution in [0.1, 0.15) is 5.56 Å². The van der Waals surface area contributed by atoms with Crippen molar-refractivity contribution in [2.45, 2.75) is 4.90 Å². The van der Waals surface area contributed by atoms with Crippen LogP contribution in [0.2, 0.25) is 5.02 Å². The number of sulfonamides is 1. The van der Waals surface area contributed by atoms with Crippen molar-refractivity contribution < 1.29 is 27.6 Å². The molecule has 0 saturated heterocycles. The molecule has 0 atom stereocenters. The Morgan fingerprint density at radius 3 is 2.66 bits per heavy atom. The van der Waals surface area contributed by atoms with E-state index in [0.717, 1.165) is 18.2 Å². The summed E-state index contributed by atoms with van der Waals surface area (Å²) in [5, 5.41) is 14.3. The summed E-state index contributed by atoms with van der Waals surface area (Å²) in [5.74, 6) is -0.153. The second-order valence-electron chi connectivity index (χ2n) is 5.39. The van der Waals surface area contributed by atoms with Gasteiger partial charge >= 0.3 is 0 Å². The molecule has 0 aliphatic rings. The number of nitrogens with one attached hydrogen (secondary N) is 1. The SMILES string of the molecule is COc1ccc(C=NNS(=O)(=O)c2ccc(Cl)c([N+](=O)[O-])c2)cc1OCC(N)=O. The molecule has 1 amide bonds. The van der Waals surface area contributed by atoms with Gasteiger partial charge in [0.15, 0.2) is 18.1 Å². The van der Waals surface area contributed by atoms with E-state index in [0.29, 0.717) is 11.3 Å². The molecular weight excluding hydrogens is 428 g/mol. The number of ether oxygens (including phenoxy) is 2. The first-order valence-corrected chi connectivity index (χ1v) is 9.58. The van der Waals surface area contributed by atoms with Crippen LogP contribution in [0.25, 0.3) is 0 Å². The highest BCUT2D eigenvalue weighted by molar-refractivity contribution is 7.89. The van der Waals surface area contributed by atoms with Gasteiger partial charge in [-0.15, -0.1) is 0 Å². The van der Waals surface area contributed by atoms with Crippen molar-refractivity contribution in [3.63, 3.8) is 0 Å². The fourth-order valence-electron chi connectivity index (χ4n) is 2.06. The van der Waals surface area contributed by atoms with E-state index in [4.69, 9.17) is 26.8 Å². The molecule has 0 aliphatic carbocycles. The van der Waals surface area contributed by atoms with Crippen LogP contribution >= 0.6 is 11.6 Å². The van der Waals surface area contributed by atoms with E-state index < -0.39 is 26.5 Å². The maximum atomic E-state index is 12.3. The molecule has 13 heteroatoms. The second kappa shape index (κ2) is 9.21. The predicted octanol–water partition coefficient (Wildman–Crippen LogP) is 1.43. The molecule has 154 valence electrons. The quantitative estimate of drug-likeness (QED) is 0.337. The molecule has 2 aromatic rings. The van der Waals surface area contributed by atoms with Gasteiger partial charge in [-0.3, -0.25) is 14.9 Å². The summed E-state index contributed by atoms with van der Waals surface area (Å²) in [6, 6.07) is 7.56. The Labute approximate surface area is 170 Å². The number of primary amides is 1. The number of nitro benzene ring substituents is 1. The van der Waals surface area contributed by atoms with E-state index in [9.17, 15) is 23.3 Å². The topological polar surface area (TPSA) is 163 Å². The van der Waals surface area contributed by atoms with Crippen molar-refractivity contribution in [1.82, 2.24) is 4.83 Å². The number of nitro groups is 1. The normalized spacial score (nSPS) is 11.2. The molecule has 0 heterocycles. The summed E-state index contributed by atoms with van der Waals surface area (Å²) in [6.45, 7) is -0.376. The zero-order valence-corrected chi connectivity index (χ0v) is 16.4. The van der Waals surface area contributed by atoms with Crippen molar-refractivity contribution in [2.24, 2.45) is 10.8 Å². The number of methoxy groups -OCH3 is 1. The third kappa shape index (κ3) is 5.80. The first-order chi connectivity index (χ1) is 13.6. The Morgan fingerprint density at radius 2 is 2.03 bits per heavy atom. The zero-order valence-electron chi connectivity index (χ0n) is 14.9. The van der Waals surface area contributed by atoms with Crippen LogP contribution in [-0.2, 0) is 14.8 Å². The summed E-state index contributed by atoms with van der Waals surface area (Å²) < 4.78 is 34.8. The predicted molar refractivity (Wildman–Crippen MR) is 104 cm³/mol. The number of hydrogen-bond donors (Lipinski definition) is 2. The lowest BCUT2D eigenvalue weighted by Gasteiger charge is -2.10. The van der Waals surface area contributed by atoms with E-state index in [1.807, 2.05) is 4.83 Å². The van der Waals surface area contributed by atoms with Gasteiger partial charge in [0.1, 0.15) is 5.02 Å². The highest BCUT2D eigenvalue weighted by atomic mass is 35.5. The second-order valence-corrected chi connectivity index (χ2v) is 7.46. The van der Waals surface area contributed by atoms with Gasteiger partial charge in [-0.2, -0.15) is 13.5 Å². The van der Waals surface area contributed by atoms with Gasteiger partial charge in [0.05, 0.1) is 23.1 Å². The first kappa shape index (κ1) is 21.9. The third-order valence-electron chi connectivity index (χ3n) is 3.37. The smallest absolute Gasteiger partial charge is 0.289 e. The van der Waals surface area contributed by atoms with Crippen molar-refractivity contribution in [3.05, 3.63) is 57.1 Å². The summed E-state index contributed by atoms with van der Waals surface area (Å²) in [4.78, 5) is 22.5. The highest BCUT2D eigenvalue weighted by Crippen LogP contribution is 2.28. The summed E-state index contributed by atoms with van der Waals surface area (Å²) >= 11 is 5.67. The average molecular weight is 443 g/mol. The minimum absolute atomic E-state index is 0.195. The highest BCUT2D eigenvalue weighted by Gasteiger charge is 2.20. The van der Waals surface area contributed by atoms with Crippen LogP contribution in [0.5, 0.6) is 11.5 Å². The Balaban J connectivity index is 2.20. The van der Waals surface area contributed by atoms with Crippen LogP contribution in [-0.4, -0.2) is 39.2 Å². The molecule has 0 saturated carbocycles. The number of rotatable bonds is 9. The number of carbonyl (C=O) groups is 1. The van der Waals surface area contributed by atoms with E-state index >= 15 is 0 Å². The van der Waals surface area contributed by atoms with E-state index in [-0.39, 0.29) is 22.3 Å². The van der Waals surface area contributed by atoms with Crippen molar-refractivity contribution in [1.29, 1.82) is 0 Å². The molecule has 0 fully saturated rings. The van der Waals surface area contributed by atoms with Crippen molar-refractivity contribution in [2.75, 3.05) is 13.7 Å². The Morgan fingerprint density at radius 1 is 1.31 bits per heavy atom. The minimum atomic E-state index is -4.18. The van der Waals surface area contributed by atoms with Crippen LogP contribution in [0.15, 0.2) is 46.4 Å². The van der Waals surface area contributed by atoms with Gasteiger partial charge in [-0.05, 0) is 35.9 Å². The Bertz CT molecular complexity index is 1070. The maximum absolute atomic E-state index is 12.3. The molecule has 0 spiro atoms. The van der Waals surface area contributed by atoms with Crippen LogP contribution in [0.4, 0.5) is 5.69 Å². The molecule has 0 aliphatic heterocycles. The molecule has 0 unspecified atom stereocenters. The summed E-state index contributed by atoms with van der Waals surface area (Å²) in [7, 11) is -2.77. The van der Waals surface area contributed by atoms with Gasteiger partial charge in [0.2, 0.25) is 0 Å². The molecule has 29 heavy (non-hydrogen) atoms. The van der Waals surface area contributed by atoms with Gasteiger partial charge in [-0.25, -0.2) is 4.83 Å². The lowest BCUT2D eigenvalue weighted by molar-refractivity contribution is -0.384. The number of halogens is 1. The third-order valence-corrected chi connectivity index (χ3v) is 4.91. The van der Waals surface area contributed by atoms with Crippen molar-refractivity contribution in [3.8, 4) is 11.5 Å². The monoisotopic (exact) mass is 442 g/mol. The summed E-state index contributed by atoms with van der Waals surface area (Å²) in [5.41, 5.74) is 4.89.